The van der Waals surface area contributed by atoms with Crippen molar-refractivity contribution in [3.05, 3.63) is 94.5 Å². The van der Waals surface area contributed by atoms with Crippen molar-refractivity contribution in [2.24, 2.45) is 0 Å². The molecule has 7 nitrogen and oxygen atoms in total. The van der Waals surface area contributed by atoms with E-state index < -0.39 is 53.0 Å². The summed E-state index contributed by atoms with van der Waals surface area (Å²) in [5, 5.41) is 12.8. The number of aryl methyl sites for hydroxylation is 2. The van der Waals surface area contributed by atoms with Gasteiger partial charge in [0.15, 0.2) is 0 Å². The molecule has 3 aromatic carbocycles. The highest BCUT2D eigenvalue weighted by Gasteiger charge is 2.61. The Morgan fingerprint density at radius 3 is 2.04 bits per heavy atom. The SMILES string of the molecule is CC(C)Oc1ccc(C2(C)NC(=O)N(CCCCOc3ccc(C(O)(C(F)F)C(F)(F)F)cc3CCc3ccc(C(F)(F)F)cc3)C2=O)cc1. The predicted octanol–water partition coefficient (Wildman–Crippen LogP) is 7.92. The maximum Gasteiger partial charge on any atom is 0.427 e. The standard InChI is InChI=1S/C35H36F8N2O5/c1-21(2)50-27-15-12-24(13-16-27)32(3)30(46)45(31(47)44-32)18-4-5-19-49-28-17-14-26(33(48,29(36)37)35(41,42)43)20-23(28)9-6-22-7-10-25(11-8-22)34(38,39)40/h7-8,10-17,20-21,29,48H,4-6,9,18-19H2,1-3H3,(H,44,47). The number of nitrogens with zero attached hydrogens (tertiary/aromatic N) is 1. The fraction of sp³-hybridized carbons (Fsp3) is 0.429. The fourth-order valence-electron chi connectivity index (χ4n) is 5.49. The van der Waals surface area contributed by atoms with Gasteiger partial charge >= 0.3 is 18.4 Å². The molecule has 3 amide bonds. The summed E-state index contributed by atoms with van der Waals surface area (Å²) < 4.78 is 118. The molecule has 1 aliphatic rings. The van der Waals surface area contributed by atoms with Crippen LogP contribution in [0.2, 0.25) is 0 Å². The first-order valence-electron chi connectivity index (χ1n) is 15.7. The number of hydrogen-bond donors (Lipinski definition) is 2. The molecule has 0 saturated carbocycles. The maximum absolute atomic E-state index is 13.6. The number of urea groups is 1. The van der Waals surface area contributed by atoms with Crippen LogP contribution in [0.1, 0.15) is 61.4 Å². The van der Waals surface area contributed by atoms with Crippen molar-refractivity contribution < 1.29 is 59.3 Å². The number of amides is 3. The van der Waals surface area contributed by atoms with Crippen molar-refractivity contribution in [3.63, 3.8) is 0 Å². The minimum Gasteiger partial charge on any atom is -0.493 e. The fourth-order valence-corrected chi connectivity index (χ4v) is 5.49. The van der Waals surface area contributed by atoms with E-state index in [4.69, 9.17) is 9.47 Å². The van der Waals surface area contributed by atoms with Gasteiger partial charge in [-0.3, -0.25) is 9.69 Å². The van der Waals surface area contributed by atoms with E-state index in [1.807, 2.05) is 13.8 Å². The van der Waals surface area contributed by atoms with E-state index in [1.165, 1.54) is 12.1 Å². The number of carbonyl (C=O) groups is 2. The molecule has 15 heteroatoms. The van der Waals surface area contributed by atoms with Crippen LogP contribution in [0.15, 0.2) is 66.7 Å². The Bertz CT molecular complexity index is 1640. The normalized spacial score (nSPS) is 18.1. The van der Waals surface area contributed by atoms with Gasteiger partial charge in [0.05, 0.1) is 18.3 Å². The molecule has 1 heterocycles. The summed E-state index contributed by atoms with van der Waals surface area (Å²) in [6.45, 7) is 5.29. The van der Waals surface area contributed by atoms with Crippen molar-refractivity contribution in [3.8, 4) is 11.5 Å². The van der Waals surface area contributed by atoms with E-state index in [1.54, 1.807) is 31.2 Å². The Morgan fingerprint density at radius 2 is 1.48 bits per heavy atom. The average molecular weight is 717 g/mol. The third kappa shape index (κ3) is 8.31. The lowest BCUT2D eigenvalue weighted by molar-refractivity contribution is -0.305. The van der Waals surface area contributed by atoms with E-state index in [0.717, 1.165) is 29.2 Å². The van der Waals surface area contributed by atoms with Crippen molar-refractivity contribution >= 4 is 11.9 Å². The number of hydrogen-bond acceptors (Lipinski definition) is 5. The molecule has 1 aliphatic heterocycles. The van der Waals surface area contributed by atoms with Crippen LogP contribution in [0, 0.1) is 0 Å². The van der Waals surface area contributed by atoms with Crippen LogP contribution < -0.4 is 14.8 Å². The molecular formula is C35H36F8N2O5. The first-order chi connectivity index (χ1) is 23.3. The number of aliphatic hydroxyl groups is 1. The van der Waals surface area contributed by atoms with Crippen molar-refractivity contribution in [2.75, 3.05) is 13.2 Å². The molecule has 1 saturated heterocycles. The van der Waals surface area contributed by atoms with Gasteiger partial charge in [-0.2, -0.15) is 26.3 Å². The Kier molecular flexibility index (Phi) is 11.4. The Morgan fingerprint density at radius 1 is 0.860 bits per heavy atom. The first kappa shape index (κ1) is 38.4. The summed E-state index contributed by atoms with van der Waals surface area (Å²) in [7, 11) is 0. The molecule has 4 rings (SSSR count). The van der Waals surface area contributed by atoms with Crippen LogP contribution in [0.4, 0.5) is 39.9 Å². The molecular weight excluding hydrogens is 680 g/mol. The van der Waals surface area contributed by atoms with Crippen molar-refractivity contribution in [1.82, 2.24) is 10.2 Å². The van der Waals surface area contributed by atoms with Crippen molar-refractivity contribution in [2.45, 2.75) is 82.5 Å². The number of nitrogens with one attached hydrogen (secondary N) is 1. The number of rotatable bonds is 14. The monoisotopic (exact) mass is 716 g/mol. The lowest BCUT2D eigenvalue weighted by Crippen LogP contribution is -2.48. The molecule has 2 N–H and O–H groups in total. The molecule has 3 aromatic rings. The highest BCUT2D eigenvalue weighted by Crippen LogP contribution is 2.44. The minimum absolute atomic E-state index is 0.000371. The second kappa shape index (κ2) is 14.8. The first-order valence-corrected chi connectivity index (χ1v) is 15.7. The molecule has 0 aromatic heterocycles. The van der Waals surface area contributed by atoms with E-state index in [0.29, 0.717) is 22.9 Å². The molecule has 0 spiro atoms. The molecule has 0 aliphatic carbocycles. The second-order valence-corrected chi connectivity index (χ2v) is 12.3. The van der Waals surface area contributed by atoms with Gasteiger partial charge in [0.2, 0.25) is 5.60 Å². The van der Waals surface area contributed by atoms with Crippen LogP contribution in [-0.4, -0.2) is 53.8 Å². The summed E-state index contributed by atoms with van der Waals surface area (Å²) in [5.41, 5.74) is -6.88. The molecule has 2 atom stereocenters. The molecule has 50 heavy (non-hydrogen) atoms. The average Bonchev–Trinajstić information content (AvgIpc) is 3.26. The van der Waals surface area contributed by atoms with E-state index in [-0.39, 0.29) is 56.3 Å². The molecule has 0 radical (unpaired) electrons. The number of halogens is 8. The highest BCUT2D eigenvalue weighted by molar-refractivity contribution is 6.07. The molecule has 0 bridgehead atoms. The van der Waals surface area contributed by atoms with Gasteiger partial charge < -0.3 is 19.9 Å². The van der Waals surface area contributed by atoms with Crippen LogP contribution in [0.3, 0.4) is 0 Å². The van der Waals surface area contributed by atoms with Crippen LogP contribution in [0.25, 0.3) is 0 Å². The summed E-state index contributed by atoms with van der Waals surface area (Å²) in [5.74, 6) is 0.133. The largest absolute Gasteiger partial charge is 0.493 e. The molecule has 2 unspecified atom stereocenters. The van der Waals surface area contributed by atoms with E-state index in [9.17, 15) is 49.8 Å². The van der Waals surface area contributed by atoms with Crippen molar-refractivity contribution in [1.29, 1.82) is 0 Å². The number of imide groups is 1. The van der Waals surface area contributed by atoms with Gasteiger partial charge in [-0.05, 0) is 105 Å². The lowest BCUT2D eigenvalue weighted by Gasteiger charge is -2.30. The van der Waals surface area contributed by atoms with Gasteiger partial charge in [0, 0.05) is 6.54 Å². The summed E-state index contributed by atoms with van der Waals surface area (Å²) >= 11 is 0. The Balaban J connectivity index is 1.43. The van der Waals surface area contributed by atoms with Crippen LogP contribution >= 0.6 is 0 Å². The summed E-state index contributed by atoms with van der Waals surface area (Å²) in [6.07, 6.45) is -14.2. The third-order valence-electron chi connectivity index (χ3n) is 8.32. The lowest BCUT2D eigenvalue weighted by atomic mass is 9.90. The minimum atomic E-state index is -5.73. The topological polar surface area (TPSA) is 88.1 Å². The quantitative estimate of drug-likeness (QED) is 0.101. The maximum atomic E-state index is 13.6. The van der Waals surface area contributed by atoms with Gasteiger partial charge in [0.25, 0.3) is 12.3 Å². The Hall–Kier alpha value is -4.40. The number of benzene rings is 3. The molecule has 272 valence electrons. The number of alkyl halides is 8. The number of unbranched alkanes of at least 4 members (excludes halogenated alkanes) is 1. The van der Waals surface area contributed by atoms with Gasteiger partial charge in [-0.15, -0.1) is 0 Å². The van der Waals surface area contributed by atoms with E-state index >= 15 is 0 Å². The third-order valence-corrected chi connectivity index (χ3v) is 8.32. The van der Waals surface area contributed by atoms with Gasteiger partial charge in [-0.1, -0.05) is 30.3 Å². The number of ether oxygens (including phenoxy) is 2. The second-order valence-electron chi connectivity index (χ2n) is 12.3. The van der Waals surface area contributed by atoms with Gasteiger partial charge in [0.1, 0.15) is 17.0 Å². The number of carbonyl (C=O) groups excluding carboxylic acids is 2. The smallest absolute Gasteiger partial charge is 0.427 e. The summed E-state index contributed by atoms with van der Waals surface area (Å²) in [6, 6.07) is 12.7. The molecule has 1 fully saturated rings. The van der Waals surface area contributed by atoms with E-state index in [2.05, 4.69) is 5.32 Å². The van der Waals surface area contributed by atoms with Gasteiger partial charge in [-0.25, -0.2) is 13.6 Å². The summed E-state index contributed by atoms with van der Waals surface area (Å²) in [4.78, 5) is 27.1. The predicted molar refractivity (Wildman–Crippen MR) is 166 cm³/mol. The van der Waals surface area contributed by atoms with Crippen LogP contribution in [0.5, 0.6) is 11.5 Å². The zero-order valence-corrected chi connectivity index (χ0v) is 27.3. The van der Waals surface area contributed by atoms with Crippen LogP contribution in [-0.2, 0) is 35.0 Å². The zero-order chi connectivity index (χ0) is 37.1. The highest BCUT2D eigenvalue weighted by atomic mass is 19.4. The zero-order valence-electron chi connectivity index (χ0n) is 27.3. The Labute approximate surface area is 283 Å².